The average Bonchev–Trinajstić information content (AvgIpc) is 3.12. The number of imidazole rings is 1. The molecule has 0 saturated heterocycles. The number of aryl methyl sites for hydroxylation is 1. The number of hydrogen-bond donors (Lipinski definition) is 1. The van der Waals surface area contributed by atoms with E-state index in [4.69, 9.17) is 16.3 Å². The minimum absolute atomic E-state index is 0.198. The lowest BCUT2D eigenvalue weighted by atomic mass is 10.1. The molecule has 4 aromatic rings. The Balaban J connectivity index is 1.43. The third kappa shape index (κ3) is 4.49. The number of aromatic nitrogens is 2. The van der Waals surface area contributed by atoms with Gasteiger partial charge in [0.1, 0.15) is 17.4 Å². The third-order valence-corrected chi connectivity index (χ3v) is 5.00. The summed E-state index contributed by atoms with van der Waals surface area (Å²) in [6.45, 7) is 2.39. The minimum atomic E-state index is -0.198. The number of aromatic amines is 1. The van der Waals surface area contributed by atoms with E-state index in [1.807, 2.05) is 61.5 Å². The van der Waals surface area contributed by atoms with E-state index in [-0.39, 0.29) is 5.82 Å². The van der Waals surface area contributed by atoms with Crippen LogP contribution in [0.4, 0.5) is 4.39 Å². The second kappa shape index (κ2) is 8.50. The molecule has 0 saturated carbocycles. The van der Waals surface area contributed by atoms with Crippen LogP contribution in [0, 0.1) is 12.7 Å². The van der Waals surface area contributed by atoms with E-state index in [0.29, 0.717) is 23.6 Å². The van der Waals surface area contributed by atoms with Crippen molar-refractivity contribution < 1.29 is 9.13 Å². The number of benzene rings is 3. The van der Waals surface area contributed by atoms with Crippen LogP contribution < -0.4 is 4.74 Å². The van der Waals surface area contributed by atoms with Gasteiger partial charge in [0.05, 0.1) is 18.0 Å². The van der Waals surface area contributed by atoms with Gasteiger partial charge in [0.25, 0.3) is 0 Å². The highest BCUT2D eigenvalue weighted by Gasteiger charge is 2.10. The molecule has 5 heteroatoms. The van der Waals surface area contributed by atoms with Crippen molar-refractivity contribution in [1.82, 2.24) is 9.97 Å². The molecule has 3 aromatic carbocycles. The standard InChI is InChI=1S/C24H20ClFN2O/c1-16-23(18-6-10-20(25)11-7-18)28-24(27-16)19-8-12-21(13-9-19)29-15-14-17-4-2-3-5-22(17)26/h2-13H,14-15H2,1H3,(H,27,28). The van der Waals surface area contributed by atoms with E-state index in [0.717, 1.165) is 34.1 Å². The fourth-order valence-corrected chi connectivity index (χ4v) is 3.31. The number of nitrogens with one attached hydrogen (secondary N) is 1. The fourth-order valence-electron chi connectivity index (χ4n) is 3.18. The molecule has 146 valence electrons. The quantitative estimate of drug-likeness (QED) is 0.398. The topological polar surface area (TPSA) is 37.9 Å². The maximum absolute atomic E-state index is 13.7. The van der Waals surface area contributed by atoms with Gasteiger partial charge in [-0.05, 0) is 60.5 Å². The molecule has 1 aromatic heterocycles. The summed E-state index contributed by atoms with van der Waals surface area (Å²) in [5.74, 6) is 1.34. The minimum Gasteiger partial charge on any atom is -0.493 e. The number of nitrogens with zero attached hydrogens (tertiary/aromatic N) is 1. The normalized spacial score (nSPS) is 10.9. The molecular weight excluding hydrogens is 387 g/mol. The van der Waals surface area contributed by atoms with Gasteiger partial charge in [-0.15, -0.1) is 0 Å². The lowest BCUT2D eigenvalue weighted by Crippen LogP contribution is -2.02. The molecule has 0 radical (unpaired) electrons. The molecule has 0 aliphatic rings. The van der Waals surface area contributed by atoms with Gasteiger partial charge in [0.2, 0.25) is 0 Å². The molecule has 0 amide bonds. The van der Waals surface area contributed by atoms with Crippen molar-refractivity contribution in [3.63, 3.8) is 0 Å². The molecule has 1 heterocycles. The fraction of sp³-hybridized carbons (Fsp3) is 0.125. The van der Waals surface area contributed by atoms with Gasteiger partial charge in [0, 0.05) is 17.0 Å². The Hall–Kier alpha value is -3.11. The summed E-state index contributed by atoms with van der Waals surface area (Å²) >= 11 is 5.98. The van der Waals surface area contributed by atoms with Crippen LogP contribution in [-0.4, -0.2) is 16.6 Å². The Morgan fingerprint density at radius 3 is 2.34 bits per heavy atom. The van der Waals surface area contributed by atoms with E-state index in [9.17, 15) is 4.39 Å². The molecular formula is C24H20ClFN2O. The molecule has 29 heavy (non-hydrogen) atoms. The average molecular weight is 407 g/mol. The molecule has 0 atom stereocenters. The number of rotatable bonds is 6. The monoisotopic (exact) mass is 406 g/mol. The first-order chi connectivity index (χ1) is 14.1. The second-order valence-corrected chi connectivity index (χ2v) is 7.20. The number of H-pyrrole nitrogens is 1. The van der Waals surface area contributed by atoms with Crippen LogP contribution in [0.1, 0.15) is 11.3 Å². The van der Waals surface area contributed by atoms with Crippen molar-refractivity contribution in [2.45, 2.75) is 13.3 Å². The maximum atomic E-state index is 13.7. The number of hydrogen-bond acceptors (Lipinski definition) is 2. The summed E-state index contributed by atoms with van der Waals surface area (Å²) in [6.07, 6.45) is 0.524. The maximum Gasteiger partial charge on any atom is 0.138 e. The summed E-state index contributed by atoms with van der Waals surface area (Å²) in [7, 11) is 0. The van der Waals surface area contributed by atoms with Gasteiger partial charge in [-0.1, -0.05) is 41.9 Å². The van der Waals surface area contributed by atoms with Crippen LogP contribution in [0.3, 0.4) is 0 Å². The summed E-state index contributed by atoms with van der Waals surface area (Å²) < 4.78 is 19.4. The SMILES string of the molecule is Cc1nc(-c2ccc(OCCc3ccccc3F)cc2)[nH]c1-c1ccc(Cl)cc1. The summed E-state index contributed by atoms with van der Waals surface area (Å²) in [4.78, 5) is 8.04. The van der Waals surface area contributed by atoms with Gasteiger partial charge in [0.15, 0.2) is 0 Å². The Bertz CT molecular complexity index is 1100. The van der Waals surface area contributed by atoms with Gasteiger partial charge in [-0.3, -0.25) is 0 Å². The molecule has 4 rings (SSSR count). The molecule has 3 nitrogen and oxygen atoms in total. The van der Waals surface area contributed by atoms with E-state index < -0.39 is 0 Å². The summed E-state index contributed by atoms with van der Waals surface area (Å²) in [5, 5.41) is 0.705. The molecule has 1 N–H and O–H groups in total. The molecule has 0 unspecified atom stereocenters. The van der Waals surface area contributed by atoms with Crippen molar-refractivity contribution in [1.29, 1.82) is 0 Å². The third-order valence-electron chi connectivity index (χ3n) is 4.74. The predicted molar refractivity (Wildman–Crippen MR) is 115 cm³/mol. The van der Waals surface area contributed by atoms with Crippen LogP contribution in [0.2, 0.25) is 5.02 Å². The van der Waals surface area contributed by atoms with Gasteiger partial charge in [-0.2, -0.15) is 0 Å². The smallest absolute Gasteiger partial charge is 0.138 e. The van der Waals surface area contributed by atoms with Gasteiger partial charge >= 0.3 is 0 Å². The lowest BCUT2D eigenvalue weighted by Gasteiger charge is -2.07. The molecule has 0 aliphatic carbocycles. The van der Waals surface area contributed by atoms with E-state index in [1.54, 1.807) is 12.1 Å². The number of halogens is 2. The Morgan fingerprint density at radius 2 is 1.62 bits per heavy atom. The number of ether oxygens (including phenoxy) is 1. The Labute approximate surface area is 174 Å². The second-order valence-electron chi connectivity index (χ2n) is 6.77. The summed E-state index contributed by atoms with van der Waals surface area (Å²) in [6, 6.07) is 22.2. The first-order valence-electron chi connectivity index (χ1n) is 9.39. The van der Waals surface area contributed by atoms with Crippen molar-refractivity contribution in [3.05, 3.63) is 94.9 Å². The summed E-state index contributed by atoms with van der Waals surface area (Å²) in [5.41, 5.74) is 4.56. The van der Waals surface area contributed by atoms with Gasteiger partial charge < -0.3 is 9.72 Å². The zero-order valence-corrected chi connectivity index (χ0v) is 16.7. The highest BCUT2D eigenvalue weighted by Crippen LogP contribution is 2.27. The first-order valence-corrected chi connectivity index (χ1v) is 9.77. The van der Waals surface area contributed by atoms with Crippen molar-refractivity contribution in [2.75, 3.05) is 6.61 Å². The van der Waals surface area contributed by atoms with Crippen LogP contribution in [0.15, 0.2) is 72.8 Å². The predicted octanol–water partition coefficient (Wildman–Crippen LogP) is 6.47. The highest BCUT2D eigenvalue weighted by molar-refractivity contribution is 6.30. The molecule has 0 aliphatic heterocycles. The van der Waals surface area contributed by atoms with E-state index in [2.05, 4.69) is 9.97 Å². The lowest BCUT2D eigenvalue weighted by molar-refractivity contribution is 0.320. The molecule has 0 fully saturated rings. The molecule has 0 spiro atoms. The van der Waals surface area contributed by atoms with Crippen molar-refractivity contribution in [2.24, 2.45) is 0 Å². The largest absolute Gasteiger partial charge is 0.493 e. The van der Waals surface area contributed by atoms with Crippen molar-refractivity contribution in [3.8, 4) is 28.4 Å². The Morgan fingerprint density at radius 1 is 0.931 bits per heavy atom. The first kappa shape index (κ1) is 19.2. The van der Waals surface area contributed by atoms with Crippen molar-refractivity contribution >= 4 is 11.6 Å². The zero-order chi connectivity index (χ0) is 20.2. The Kier molecular flexibility index (Phi) is 5.63. The molecule has 0 bridgehead atoms. The van der Waals surface area contributed by atoms with Crippen LogP contribution >= 0.6 is 11.6 Å². The van der Waals surface area contributed by atoms with E-state index in [1.165, 1.54) is 6.07 Å². The highest BCUT2D eigenvalue weighted by atomic mass is 35.5. The van der Waals surface area contributed by atoms with Crippen LogP contribution in [0.25, 0.3) is 22.6 Å². The van der Waals surface area contributed by atoms with Gasteiger partial charge in [-0.25, -0.2) is 9.37 Å². The van der Waals surface area contributed by atoms with Crippen LogP contribution in [0.5, 0.6) is 5.75 Å². The zero-order valence-electron chi connectivity index (χ0n) is 16.0. The van der Waals surface area contributed by atoms with E-state index >= 15 is 0 Å². The van der Waals surface area contributed by atoms with Crippen LogP contribution in [-0.2, 0) is 6.42 Å².